The number of nitrogens with zero attached hydrogens (tertiary/aromatic N) is 2. The Balaban J connectivity index is 2.49. The van der Waals surface area contributed by atoms with Crippen molar-refractivity contribution in [3.63, 3.8) is 0 Å². The molecule has 2 N–H and O–H groups in total. The van der Waals surface area contributed by atoms with E-state index in [0.29, 0.717) is 10.5 Å². The molecule has 0 fully saturated rings. The molecule has 1 heterocycles. The zero-order chi connectivity index (χ0) is 27.5. The van der Waals surface area contributed by atoms with Crippen LogP contribution >= 0.6 is 0 Å². The lowest BCUT2D eigenvalue weighted by atomic mass is 9.80. The summed E-state index contributed by atoms with van der Waals surface area (Å²) >= 11 is 0. The fourth-order valence-corrected chi connectivity index (χ4v) is 3.94. The molecule has 12 heteroatoms. The molecule has 0 bridgehead atoms. The minimum Gasteiger partial charge on any atom is -0.497 e. The third-order valence-corrected chi connectivity index (χ3v) is 5.56. The Hall–Kier alpha value is -4.79. The molecule has 1 atom stereocenters. The highest BCUT2D eigenvalue weighted by molar-refractivity contribution is 6.10. The lowest BCUT2D eigenvalue weighted by Gasteiger charge is -2.36. The lowest BCUT2D eigenvalue weighted by Crippen LogP contribution is -2.41. The van der Waals surface area contributed by atoms with Gasteiger partial charge in [-0.1, -0.05) is 30.3 Å². The molecular weight excluding hydrogens is 495 g/mol. The van der Waals surface area contributed by atoms with E-state index in [0.717, 1.165) is 26.4 Å². The van der Waals surface area contributed by atoms with Gasteiger partial charge in [0.1, 0.15) is 17.3 Å². The van der Waals surface area contributed by atoms with Gasteiger partial charge < -0.3 is 19.9 Å². The van der Waals surface area contributed by atoms with Crippen LogP contribution in [0.5, 0.6) is 5.75 Å². The molecule has 0 radical (unpaired) electrons. The van der Waals surface area contributed by atoms with Crippen LogP contribution in [0.25, 0.3) is 0 Å². The van der Waals surface area contributed by atoms with E-state index in [1.807, 2.05) is 6.07 Å². The number of allylic oxidation sites excluding steroid dienone is 1. The zero-order valence-electron chi connectivity index (χ0n) is 19.8. The SMILES string of the molecule is COC(=O)C1=C(C(=O)OC)N(c2ccc(OC)cc2C(=O)C(F)(F)F)C(N)=C(C#N)C1c1ccccc1. The Bertz CT molecular complexity index is 1360. The largest absolute Gasteiger partial charge is 0.497 e. The van der Waals surface area contributed by atoms with E-state index in [9.17, 15) is 32.8 Å². The van der Waals surface area contributed by atoms with Crippen molar-refractivity contribution < 1.29 is 41.8 Å². The number of carbonyl (C=O) groups excluding carboxylic acids is 3. The van der Waals surface area contributed by atoms with Gasteiger partial charge in [-0.15, -0.1) is 0 Å². The van der Waals surface area contributed by atoms with Crippen molar-refractivity contribution in [2.75, 3.05) is 26.2 Å². The molecule has 1 aliphatic heterocycles. The van der Waals surface area contributed by atoms with Crippen LogP contribution in [0.1, 0.15) is 21.8 Å². The summed E-state index contributed by atoms with van der Waals surface area (Å²) in [6.07, 6.45) is -5.32. The van der Waals surface area contributed by atoms with Crippen molar-refractivity contribution in [3.8, 4) is 11.8 Å². The maximum absolute atomic E-state index is 13.5. The number of hydrogen-bond acceptors (Lipinski definition) is 9. The second-order valence-electron chi connectivity index (χ2n) is 7.55. The predicted octanol–water partition coefficient (Wildman–Crippen LogP) is 3.34. The van der Waals surface area contributed by atoms with Crippen LogP contribution < -0.4 is 15.4 Å². The minimum atomic E-state index is -5.32. The first-order valence-corrected chi connectivity index (χ1v) is 10.5. The summed E-state index contributed by atoms with van der Waals surface area (Å²) in [6.45, 7) is 0. The van der Waals surface area contributed by atoms with Crippen molar-refractivity contribution in [3.05, 3.63) is 82.3 Å². The van der Waals surface area contributed by atoms with Crippen LogP contribution in [-0.4, -0.2) is 45.2 Å². The molecule has 0 aromatic heterocycles. The standard InChI is InChI=1S/C25H20F3N3O6/c1-35-14-9-10-17(15(11-14)21(32)25(26,27)28)31-20(24(34)37-3)19(23(33)36-2)18(16(12-29)22(31)30)13-7-5-4-6-8-13/h4-11,18H,30H2,1-3H3. The highest BCUT2D eigenvalue weighted by Crippen LogP contribution is 2.45. The number of nitrogens with two attached hydrogens (primary N) is 1. The van der Waals surface area contributed by atoms with E-state index in [2.05, 4.69) is 0 Å². The van der Waals surface area contributed by atoms with Crippen molar-refractivity contribution in [2.24, 2.45) is 5.73 Å². The van der Waals surface area contributed by atoms with Gasteiger partial charge in [-0.3, -0.25) is 9.69 Å². The van der Waals surface area contributed by atoms with Crippen molar-refractivity contribution in [2.45, 2.75) is 12.1 Å². The summed E-state index contributed by atoms with van der Waals surface area (Å²) in [6, 6.07) is 13.0. The minimum absolute atomic E-state index is 0.102. The molecule has 0 saturated heterocycles. The number of rotatable bonds is 6. The highest BCUT2D eigenvalue weighted by Gasteiger charge is 2.46. The molecule has 37 heavy (non-hydrogen) atoms. The fraction of sp³-hybridized carbons (Fsp3) is 0.200. The summed E-state index contributed by atoms with van der Waals surface area (Å²) in [5.74, 6) is -6.36. The summed E-state index contributed by atoms with van der Waals surface area (Å²) in [7, 11) is 3.19. The number of benzene rings is 2. The number of anilines is 1. The maximum Gasteiger partial charge on any atom is 0.454 e. The Morgan fingerprint density at radius 1 is 1.00 bits per heavy atom. The Labute approximate surface area is 209 Å². The van der Waals surface area contributed by atoms with Crippen LogP contribution in [0, 0.1) is 11.3 Å². The number of methoxy groups -OCH3 is 3. The van der Waals surface area contributed by atoms with Gasteiger partial charge in [-0.25, -0.2) is 9.59 Å². The first-order valence-electron chi connectivity index (χ1n) is 10.5. The number of hydrogen-bond donors (Lipinski definition) is 1. The molecule has 3 rings (SSSR count). The number of esters is 2. The number of carbonyl (C=O) groups is 3. The van der Waals surface area contributed by atoms with E-state index >= 15 is 0 Å². The number of alkyl halides is 3. The molecule has 9 nitrogen and oxygen atoms in total. The van der Waals surface area contributed by atoms with Gasteiger partial charge in [0.05, 0.1) is 55.7 Å². The second-order valence-corrected chi connectivity index (χ2v) is 7.55. The molecule has 0 saturated carbocycles. The summed E-state index contributed by atoms with van der Waals surface area (Å²) < 4.78 is 55.3. The monoisotopic (exact) mass is 515 g/mol. The molecule has 192 valence electrons. The van der Waals surface area contributed by atoms with Gasteiger partial charge in [0.15, 0.2) is 0 Å². The topological polar surface area (TPSA) is 132 Å². The van der Waals surface area contributed by atoms with Crippen LogP contribution in [0.15, 0.2) is 71.2 Å². The normalized spacial score (nSPS) is 15.7. The average Bonchev–Trinajstić information content (AvgIpc) is 2.90. The summed E-state index contributed by atoms with van der Waals surface area (Å²) in [4.78, 5) is 39.3. The van der Waals surface area contributed by atoms with Gasteiger partial charge in [0, 0.05) is 0 Å². The van der Waals surface area contributed by atoms with Crippen LogP contribution in [-0.2, 0) is 19.1 Å². The molecule has 1 aliphatic rings. The number of ether oxygens (including phenoxy) is 3. The van der Waals surface area contributed by atoms with Gasteiger partial charge in [-0.05, 0) is 23.8 Å². The van der Waals surface area contributed by atoms with E-state index in [-0.39, 0.29) is 11.3 Å². The van der Waals surface area contributed by atoms with E-state index in [4.69, 9.17) is 19.9 Å². The second kappa shape index (κ2) is 10.4. The molecule has 0 aliphatic carbocycles. The number of nitriles is 1. The molecule has 1 unspecified atom stereocenters. The van der Waals surface area contributed by atoms with Crippen molar-refractivity contribution in [1.29, 1.82) is 5.26 Å². The first-order chi connectivity index (χ1) is 17.5. The molecule has 2 aromatic rings. The maximum atomic E-state index is 13.5. The third kappa shape index (κ3) is 4.84. The van der Waals surface area contributed by atoms with Gasteiger partial charge in [0.25, 0.3) is 5.78 Å². The highest BCUT2D eigenvalue weighted by atomic mass is 19.4. The number of Topliss-reactive ketones (excluding diaryl/α,β-unsaturated/α-hetero) is 1. The van der Waals surface area contributed by atoms with Crippen LogP contribution in [0.2, 0.25) is 0 Å². The number of halogens is 3. The van der Waals surface area contributed by atoms with Gasteiger partial charge in [-0.2, -0.15) is 18.4 Å². The van der Waals surface area contributed by atoms with Crippen molar-refractivity contribution >= 4 is 23.4 Å². The van der Waals surface area contributed by atoms with Crippen molar-refractivity contribution in [1.82, 2.24) is 0 Å². The predicted molar refractivity (Wildman–Crippen MR) is 123 cm³/mol. The zero-order valence-corrected chi connectivity index (χ0v) is 19.8. The first kappa shape index (κ1) is 26.8. The summed E-state index contributed by atoms with van der Waals surface area (Å²) in [5, 5.41) is 10.0. The lowest BCUT2D eigenvalue weighted by molar-refractivity contribution is -0.139. The van der Waals surface area contributed by atoms with Crippen LogP contribution in [0.4, 0.5) is 18.9 Å². The van der Waals surface area contributed by atoms with E-state index in [1.165, 1.54) is 13.2 Å². The molecule has 0 amide bonds. The molecule has 2 aromatic carbocycles. The number of ketones is 1. The Morgan fingerprint density at radius 2 is 1.62 bits per heavy atom. The average molecular weight is 515 g/mol. The smallest absolute Gasteiger partial charge is 0.454 e. The van der Waals surface area contributed by atoms with Gasteiger partial charge >= 0.3 is 18.1 Å². The Kier molecular flexibility index (Phi) is 7.57. The quantitative estimate of drug-likeness (QED) is 0.454. The van der Waals surface area contributed by atoms with Gasteiger partial charge in [0.2, 0.25) is 0 Å². The fourth-order valence-electron chi connectivity index (χ4n) is 3.94. The third-order valence-electron chi connectivity index (χ3n) is 5.56. The van der Waals surface area contributed by atoms with Crippen LogP contribution in [0.3, 0.4) is 0 Å². The van der Waals surface area contributed by atoms with E-state index in [1.54, 1.807) is 30.3 Å². The Morgan fingerprint density at radius 3 is 2.14 bits per heavy atom. The summed E-state index contributed by atoms with van der Waals surface area (Å²) in [5.41, 5.74) is 3.85. The molecular formula is C25H20F3N3O6. The molecule has 0 spiro atoms. The van der Waals surface area contributed by atoms with E-state index < -0.39 is 58.2 Å².